The number of hydrogen-bond acceptors (Lipinski definition) is 10. The Kier molecular flexibility index (Phi) is 10.7. The lowest BCUT2D eigenvalue weighted by Gasteiger charge is -2.30. The summed E-state index contributed by atoms with van der Waals surface area (Å²) in [6.07, 6.45) is -0.222. The van der Waals surface area contributed by atoms with Gasteiger partial charge in [-0.05, 0) is 66.4 Å². The number of sulfone groups is 1. The largest absolute Gasteiger partial charge is 0.464 e. The molecule has 0 radical (unpaired) electrons. The van der Waals surface area contributed by atoms with Crippen LogP contribution in [0.1, 0.15) is 51.3 Å². The summed E-state index contributed by atoms with van der Waals surface area (Å²) in [5, 5.41) is 12.9. The second-order valence-electron chi connectivity index (χ2n) is 11.6. The van der Waals surface area contributed by atoms with E-state index in [0.29, 0.717) is 40.8 Å². The molecule has 4 aromatic rings. The summed E-state index contributed by atoms with van der Waals surface area (Å²) >= 11 is 13.4. The molecule has 1 aliphatic heterocycles. The molecule has 12 nitrogen and oxygen atoms in total. The van der Waals surface area contributed by atoms with Gasteiger partial charge in [-0.25, -0.2) is 18.0 Å². The van der Waals surface area contributed by atoms with Gasteiger partial charge in [-0.2, -0.15) is 0 Å². The van der Waals surface area contributed by atoms with Crippen molar-refractivity contribution in [2.75, 3.05) is 12.8 Å². The molecule has 49 heavy (non-hydrogen) atoms. The van der Waals surface area contributed by atoms with Crippen molar-refractivity contribution in [1.82, 2.24) is 10.2 Å². The number of rotatable bonds is 10. The van der Waals surface area contributed by atoms with Gasteiger partial charge in [0.05, 0.1) is 26.8 Å². The Labute approximate surface area is 291 Å². The first-order valence-electron chi connectivity index (χ1n) is 15.1. The van der Waals surface area contributed by atoms with Gasteiger partial charge in [0.1, 0.15) is 17.7 Å². The average Bonchev–Trinajstić information content (AvgIpc) is 3.51. The van der Waals surface area contributed by atoms with Crippen LogP contribution in [0.4, 0.5) is 0 Å². The highest BCUT2D eigenvalue weighted by Gasteiger charge is 2.31. The number of fused-ring (bicyclic) bond motifs is 2. The van der Waals surface area contributed by atoms with Crippen molar-refractivity contribution in [2.24, 2.45) is 0 Å². The minimum absolute atomic E-state index is 0.00232. The molecule has 0 fully saturated rings. The molecule has 2 N–H and O–H groups in total. The number of amides is 2. The first kappa shape index (κ1) is 35.9. The van der Waals surface area contributed by atoms with E-state index in [1.807, 2.05) is 0 Å². The molecule has 1 aromatic heterocycles. The molecule has 0 spiro atoms. The van der Waals surface area contributed by atoms with Gasteiger partial charge in [-0.3, -0.25) is 9.59 Å². The Bertz CT molecular complexity index is 2060. The number of aliphatic hydroxyl groups is 1. The van der Waals surface area contributed by atoms with E-state index in [4.69, 9.17) is 37.1 Å². The number of esters is 2. The summed E-state index contributed by atoms with van der Waals surface area (Å²) in [6.45, 7) is 2.92. The third-order valence-electron chi connectivity index (χ3n) is 7.88. The van der Waals surface area contributed by atoms with Gasteiger partial charge in [-0.1, -0.05) is 41.4 Å². The number of nitrogens with zero attached hydrogens (tertiary/aromatic N) is 1. The molecule has 5 rings (SSSR count). The van der Waals surface area contributed by atoms with Crippen molar-refractivity contribution in [1.29, 1.82) is 0 Å². The van der Waals surface area contributed by atoms with Crippen LogP contribution in [0, 0.1) is 0 Å². The molecule has 0 saturated carbocycles. The number of aliphatic hydroxyl groups excluding tert-OH is 1. The first-order valence-corrected chi connectivity index (χ1v) is 17.7. The van der Waals surface area contributed by atoms with Gasteiger partial charge >= 0.3 is 11.9 Å². The Morgan fingerprint density at radius 2 is 1.76 bits per heavy atom. The summed E-state index contributed by atoms with van der Waals surface area (Å²) in [5.74, 6) is -3.09. The number of ether oxygens (including phenoxy) is 2. The number of halogens is 2. The number of carbonyl (C=O) groups excluding carboxylic acids is 4. The summed E-state index contributed by atoms with van der Waals surface area (Å²) < 4.78 is 39.9. The maximum Gasteiger partial charge on any atom is 0.337 e. The van der Waals surface area contributed by atoms with Crippen LogP contribution in [-0.2, 0) is 48.3 Å². The molecule has 3 atom stereocenters. The Morgan fingerprint density at radius 1 is 1.02 bits per heavy atom. The van der Waals surface area contributed by atoms with Gasteiger partial charge in [0.25, 0.3) is 11.8 Å². The fraction of sp³-hybridized carbons (Fsp3) is 0.294. The van der Waals surface area contributed by atoms with E-state index in [1.165, 1.54) is 32.0 Å². The number of furan rings is 1. The fourth-order valence-electron chi connectivity index (χ4n) is 5.40. The van der Waals surface area contributed by atoms with Crippen molar-refractivity contribution in [2.45, 2.75) is 56.6 Å². The molecule has 1 unspecified atom stereocenters. The smallest absolute Gasteiger partial charge is 0.337 e. The third kappa shape index (κ3) is 8.24. The predicted octanol–water partition coefficient (Wildman–Crippen LogP) is 4.50. The lowest BCUT2D eigenvalue weighted by atomic mass is 9.95. The van der Waals surface area contributed by atoms with Gasteiger partial charge in [-0.15, -0.1) is 0 Å². The highest BCUT2D eigenvalue weighted by Crippen LogP contribution is 2.35. The zero-order valence-corrected chi connectivity index (χ0v) is 28.9. The van der Waals surface area contributed by atoms with E-state index in [1.54, 1.807) is 47.6 Å². The molecular weight excluding hydrogens is 699 g/mol. The maximum atomic E-state index is 13.7. The minimum atomic E-state index is -3.59. The van der Waals surface area contributed by atoms with Crippen LogP contribution in [0.15, 0.2) is 70.2 Å². The number of carbonyl (C=O) groups is 4. The highest BCUT2D eigenvalue weighted by atomic mass is 35.5. The molecule has 3 aromatic carbocycles. The van der Waals surface area contributed by atoms with E-state index in [9.17, 15) is 32.7 Å². The van der Waals surface area contributed by atoms with Crippen molar-refractivity contribution in [3.8, 4) is 0 Å². The van der Waals surface area contributed by atoms with Crippen molar-refractivity contribution in [3.63, 3.8) is 0 Å². The molecular formula is C34H32Cl2N2O10S. The van der Waals surface area contributed by atoms with Gasteiger partial charge < -0.3 is 29.2 Å². The average molecular weight is 732 g/mol. The zero-order chi connectivity index (χ0) is 35.6. The fourth-order valence-corrected chi connectivity index (χ4v) is 6.85. The monoisotopic (exact) mass is 730 g/mol. The normalized spacial score (nSPS) is 14.8. The molecule has 0 aliphatic carbocycles. The number of hydrogen-bond donors (Lipinski definition) is 2. The Morgan fingerprint density at radius 3 is 2.47 bits per heavy atom. The van der Waals surface area contributed by atoms with Gasteiger partial charge in [0.2, 0.25) is 6.29 Å². The summed E-state index contributed by atoms with van der Waals surface area (Å²) in [6, 6.07) is 12.9. The quantitative estimate of drug-likeness (QED) is 0.175. The summed E-state index contributed by atoms with van der Waals surface area (Å²) in [5.41, 5.74) is 2.56. The highest BCUT2D eigenvalue weighted by molar-refractivity contribution is 7.90. The van der Waals surface area contributed by atoms with Crippen LogP contribution < -0.4 is 5.32 Å². The molecule has 15 heteroatoms. The van der Waals surface area contributed by atoms with E-state index < -0.39 is 46.1 Å². The lowest BCUT2D eigenvalue weighted by Crippen LogP contribution is -2.45. The van der Waals surface area contributed by atoms with Crippen LogP contribution in [-0.4, -0.2) is 73.4 Å². The standard InChI is InChI=1S/C34H32Cl2N2O10S/c1-18(39)33(42)47-19(2)48-34(43)27(14-20-5-4-6-24(13-20)49(3,44)45)37-31(40)29-26(35)15-23-17-38(11-9-25(23)30(29)36)32(41)22-8-7-21-10-12-46-28(21)16-22/h4-8,10,12-13,15-16,18-19,27,39H,9,11,14,17H2,1-3H3,(H,37,40)/t18-,19?,27+/m1/s1. The molecule has 258 valence electrons. The Hall–Kier alpha value is -4.43. The molecule has 2 heterocycles. The summed E-state index contributed by atoms with van der Waals surface area (Å²) in [4.78, 5) is 53.8. The van der Waals surface area contributed by atoms with E-state index in [2.05, 4.69) is 5.32 Å². The van der Waals surface area contributed by atoms with Crippen LogP contribution in [0.2, 0.25) is 10.0 Å². The molecule has 0 bridgehead atoms. The molecule has 0 saturated heterocycles. The number of benzene rings is 3. The second-order valence-corrected chi connectivity index (χ2v) is 14.4. The van der Waals surface area contributed by atoms with Crippen molar-refractivity contribution >= 4 is 67.8 Å². The third-order valence-corrected chi connectivity index (χ3v) is 9.71. The minimum Gasteiger partial charge on any atom is -0.464 e. The molecule has 2 amide bonds. The SMILES string of the molecule is CC(OC(=O)[C@H](Cc1cccc(S(C)(=O)=O)c1)NC(=O)c1c(Cl)cc2c(c1Cl)CCN(C(=O)c1ccc3ccoc3c1)C2)OC(=O)[C@@H](C)O. The summed E-state index contributed by atoms with van der Waals surface area (Å²) in [7, 11) is -3.59. The van der Waals surface area contributed by atoms with Gasteiger partial charge in [0, 0.05) is 43.6 Å². The number of nitrogens with one attached hydrogen (secondary N) is 1. The van der Waals surface area contributed by atoms with Crippen LogP contribution in [0.3, 0.4) is 0 Å². The van der Waals surface area contributed by atoms with Crippen LogP contribution in [0.25, 0.3) is 11.0 Å². The molecule has 1 aliphatic rings. The van der Waals surface area contributed by atoms with E-state index in [-0.39, 0.29) is 39.4 Å². The van der Waals surface area contributed by atoms with Crippen LogP contribution >= 0.6 is 23.2 Å². The lowest BCUT2D eigenvalue weighted by molar-refractivity contribution is -0.191. The van der Waals surface area contributed by atoms with Crippen LogP contribution in [0.5, 0.6) is 0 Å². The van der Waals surface area contributed by atoms with Gasteiger partial charge in [0.15, 0.2) is 9.84 Å². The van der Waals surface area contributed by atoms with E-state index >= 15 is 0 Å². The topological polar surface area (TPSA) is 170 Å². The maximum absolute atomic E-state index is 13.7. The van der Waals surface area contributed by atoms with E-state index in [0.717, 1.165) is 11.6 Å². The predicted molar refractivity (Wildman–Crippen MR) is 179 cm³/mol. The Balaban J connectivity index is 1.38. The first-order chi connectivity index (χ1) is 23.1. The van der Waals surface area contributed by atoms with Crippen molar-refractivity contribution in [3.05, 3.63) is 98.7 Å². The second kappa shape index (κ2) is 14.6. The van der Waals surface area contributed by atoms with Crippen molar-refractivity contribution < 1.29 is 46.6 Å². The zero-order valence-electron chi connectivity index (χ0n) is 26.6.